The van der Waals surface area contributed by atoms with Crippen molar-refractivity contribution in [1.82, 2.24) is 21.0 Å². The van der Waals surface area contributed by atoms with Crippen molar-refractivity contribution in [2.75, 3.05) is 14.2 Å². The summed E-state index contributed by atoms with van der Waals surface area (Å²) >= 11 is 0. The fourth-order valence-corrected chi connectivity index (χ4v) is 3.86. The van der Waals surface area contributed by atoms with Crippen molar-refractivity contribution in [1.29, 1.82) is 0 Å². The van der Waals surface area contributed by atoms with Crippen LogP contribution < -0.4 is 16.0 Å². The molecule has 10 nitrogen and oxygen atoms in total. The number of ether oxygens (including phenoxy) is 1. The SMILES string of the molecule is CON(C)C(=O)[C@@H](CC(C)C)NC(=O)[C@@H](CC(C)C)NC(=O)[C@@H](CC(C)C)NC(=O)OCc1ccccc1. The molecule has 0 fully saturated rings. The summed E-state index contributed by atoms with van der Waals surface area (Å²) in [5, 5.41) is 9.31. The van der Waals surface area contributed by atoms with E-state index in [0.29, 0.717) is 19.3 Å². The zero-order valence-electron chi connectivity index (χ0n) is 24.1. The van der Waals surface area contributed by atoms with E-state index >= 15 is 0 Å². The molecule has 1 aromatic carbocycles. The topological polar surface area (TPSA) is 126 Å². The Hall–Kier alpha value is -3.14. The molecule has 4 amide bonds. The van der Waals surface area contributed by atoms with Crippen LogP contribution in [0.15, 0.2) is 30.3 Å². The zero-order valence-corrected chi connectivity index (χ0v) is 24.1. The van der Waals surface area contributed by atoms with Gasteiger partial charge in [-0.05, 0) is 42.6 Å². The van der Waals surface area contributed by atoms with E-state index in [4.69, 9.17) is 9.57 Å². The number of carbonyl (C=O) groups excluding carboxylic acids is 4. The lowest BCUT2D eigenvalue weighted by molar-refractivity contribution is -0.172. The second-order valence-electron chi connectivity index (χ2n) is 10.8. The van der Waals surface area contributed by atoms with Crippen molar-refractivity contribution in [2.24, 2.45) is 17.8 Å². The van der Waals surface area contributed by atoms with E-state index in [0.717, 1.165) is 10.6 Å². The number of hydrogen-bond acceptors (Lipinski definition) is 6. The summed E-state index contributed by atoms with van der Waals surface area (Å²) in [4.78, 5) is 56.8. The summed E-state index contributed by atoms with van der Waals surface area (Å²) < 4.78 is 5.29. The number of benzene rings is 1. The average molecular weight is 535 g/mol. The number of likely N-dealkylation sites (N-methyl/N-ethyl adjacent to an activating group) is 1. The van der Waals surface area contributed by atoms with E-state index in [1.807, 2.05) is 71.9 Å². The first-order chi connectivity index (χ1) is 17.8. The van der Waals surface area contributed by atoms with E-state index < -0.39 is 36.0 Å². The van der Waals surface area contributed by atoms with Gasteiger partial charge in [0.25, 0.3) is 5.91 Å². The predicted molar refractivity (Wildman–Crippen MR) is 146 cm³/mol. The van der Waals surface area contributed by atoms with Crippen LogP contribution in [0, 0.1) is 17.8 Å². The first kappa shape index (κ1) is 32.9. The normalized spacial score (nSPS) is 13.6. The zero-order chi connectivity index (χ0) is 28.8. The Morgan fingerprint density at radius 2 is 1.18 bits per heavy atom. The Labute approximate surface area is 227 Å². The van der Waals surface area contributed by atoms with Crippen molar-refractivity contribution < 1.29 is 28.8 Å². The van der Waals surface area contributed by atoms with Gasteiger partial charge >= 0.3 is 6.09 Å². The third-order valence-electron chi connectivity index (χ3n) is 5.77. The van der Waals surface area contributed by atoms with Crippen LogP contribution in [-0.4, -0.2) is 61.2 Å². The highest BCUT2D eigenvalue weighted by atomic mass is 16.7. The second-order valence-corrected chi connectivity index (χ2v) is 10.8. The molecule has 38 heavy (non-hydrogen) atoms. The number of carbonyl (C=O) groups is 4. The van der Waals surface area contributed by atoms with Gasteiger partial charge in [0.15, 0.2) is 0 Å². The highest BCUT2D eigenvalue weighted by Crippen LogP contribution is 2.12. The fraction of sp³-hybridized carbons (Fsp3) is 0.643. The van der Waals surface area contributed by atoms with Gasteiger partial charge in [0, 0.05) is 7.05 Å². The number of hydrogen-bond donors (Lipinski definition) is 3. The Kier molecular flexibility index (Phi) is 14.4. The molecule has 0 heterocycles. The molecule has 0 unspecified atom stereocenters. The summed E-state index contributed by atoms with van der Waals surface area (Å²) in [6.07, 6.45) is 0.401. The molecule has 3 N–H and O–H groups in total. The smallest absolute Gasteiger partial charge is 0.408 e. The molecule has 0 aliphatic rings. The molecule has 0 bridgehead atoms. The van der Waals surface area contributed by atoms with Gasteiger partial charge in [-0.25, -0.2) is 9.86 Å². The molecule has 1 aromatic rings. The van der Waals surface area contributed by atoms with Gasteiger partial charge in [-0.1, -0.05) is 71.9 Å². The number of nitrogens with one attached hydrogen (secondary N) is 3. The predicted octanol–water partition coefficient (Wildman–Crippen LogP) is 3.41. The van der Waals surface area contributed by atoms with E-state index in [-0.39, 0.29) is 30.3 Å². The monoisotopic (exact) mass is 534 g/mol. The number of rotatable bonds is 15. The molecular formula is C28H46N4O6. The van der Waals surface area contributed by atoms with Gasteiger partial charge in [0.1, 0.15) is 24.7 Å². The van der Waals surface area contributed by atoms with Crippen LogP contribution >= 0.6 is 0 Å². The molecule has 214 valence electrons. The third kappa shape index (κ3) is 12.4. The summed E-state index contributed by atoms with van der Waals surface area (Å²) in [6.45, 7) is 11.7. The summed E-state index contributed by atoms with van der Waals surface area (Å²) in [6, 6.07) is 6.63. The van der Waals surface area contributed by atoms with Crippen LogP contribution in [-0.2, 0) is 30.6 Å². The lowest BCUT2D eigenvalue weighted by Gasteiger charge is -2.28. The van der Waals surface area contributed by atoms with E-state index in [1.165, 1.54) is 14.2 Å². The highest BCUT2D eigenvalue weighted by Gasteiger charge is 2.32. The first-order valence-electron chi connectivity index (χ1n) is 13.2. The van der Waals surface area contributed by atoms with E-state index in [9.17, 15) is 19.2 Å². The maximum atomic E-state index is 13.3. The van der Waals surface area contributed by atoms with Crippen molar-refractivity contribution in [3.8, 4) is 0 Å². The van der Waals surface area contributed by atoms with E-state index in [2.05, 4.69) is 16.0 Å². The van der Waals surface area contributed by atoms with Crippen LogP contribution in [0.25, 0.3) is 0 Å². The van der Waals surface area contributed by atoms with Gasteiger partial charge in [-0.3, -0.25) is 19.2 Å². The average Bonchev–Trinajstić information content (AvgIpc) is 2.85. The molecule has 0 aliphatic heterocycles. The largest absolute Gasteiger partial charge is 0.445 e. The quantitative estimate of drug-likeness (QED) is 0.296. The molecule has 0 aromatic heterocycles. The molecule has 0 aliphatic carbocycles. The molecular weight excluding hydrogens is 488 g/mol. The highest BCUT2D eigenvalue weighted by molar-refractivity contribution is 5.93. The fourth-order valence-electron chi connectivity index (χ4n) is 3.86. The Morgan fingerprint density at radius 1 is 0.737 bits per heavy atom. The molecule has 0 saturated carbocycles. The van der Waals surface area contributed by atoms with Gasteiger partial charge in [-0.15, -0.1) is 0 Å². The van der Waals surface area contributed by atoms with Crippen molar-refractivity contribution in [2.45, 2.75) is 85.5 Å². The molecule has 3 atom stereocenters. The standard InChI is InChI=1S/C28H46N4O6/c1-18(2)14-22(25(33)30-24(16-20(5)6)27(35)32(7)37-8)29-26(34)23(15-19(3)4)31-28(36)38-17-21-12-10-9-11-13-21/h9-13,18-20,22-24H,14-17H2,1-8H3,(H,29,34)(H,30,33)(H,31,36)/t22-,23-,24-/m1/s1. The summed E-state index contributed by atoms with van der Waals surface area (Å²) in [7, 11) is 2.86. The maximum absolute atomic E-state index is 13.3. The van der Waals surface area contributed by atoms with Gasteiger partial charge in [0.05, 0.1) is 7.11 Å². The minimum atomic E-state index is -0.895. The molecule has 1 rings (SSSR count). The van der Waals surface area contributed by atoms with Crippen molar-refractivity contribution in [3.05, 3.63) is 35.9 Å². The van der Waals surface area contributed by atoms with Crippen LogP contribution in [0.5, 0.6) is 0 Å². The van der Waals surface area contributed by atoms with Crippen LogP contribution in [0.3, 0.4) is 0 Å². The van der Waals surface area contributed by atoms with Crippen molar-refractivity contribution in [3.63, 3.8) is 0 Å². The lowest BCUT2D eigenvalue weighted by atomic mass is 9.99. The van der Waals surface area contributed by atoms with Crippen LogP contribution in [0.2, 0.25) is 0 Å². The lowest BCUT2D eigenvalue weighted by Crippen LogP contribution is -2.57. The number of hydroxylamine groups is 2. The number of amides is 4. The summed E-state index contributed by atoms with van der Waals surface area (Å²) in [5.41, 5.74) is 0.825. The van der Waals surface area contributed by atoms with Gasteiger partial charge in [0.2, 0.25) is 11.8 Å². The minimum absolute atomic E-state index is 0.0717. The second kappa shape index (κ2) is 16.7. The first-order valence-corrected chi connectivity index (χ1v) is 13.2. The van der Waals surface area contributed by atoms with E-state index in [1.54, 1.807) is 0 Å². The molecule has 0 radical (unpaired) electrons. The molecule has 0 spiro atoms. The number of alkyl carbamates (subject to hydrolysis) is 1. The van der Waals surface area contributed by atoms with Gasteiger partial charge < -0.3 is 20.7 Å². The molecule has 0 saturated heterocycles. The molecule has 10 heteroatoms. The van der Waals surface area contributed by atoms with Crippen LogP contribution in [0.4, 0.5) is 4.79 Å². The van der Waals surface area contributed by atoms with Crippen LogP contribution in [0.1, 0.15) is 66.4 Å². The minimum Gasteiger partial charge on any atom is -0.445 e. The Bertz CT molecular complexity index is 891. The maximum Gasteiger partial charge on any atom is 0.408 e. The Balaban J connectivity index is 2.97. The Morgan fingerprint density at radius 3 is 1.66 bits per heavy atom. The third-order valence-corrected chi connectivity index (χ3v) is 5.77. The number of nitrogens with zero attached hydrogens (tertiary/aromatic N) is 1. The summed E-state index contributed by atoms with van der Waals surface area (Å²) in [5.74, 6) is -1.03. The van der Waals surface area contributed by atoms with Crippen molar-refractivity contribution >= 4 is 23.8 Å². The van der Waals surface area contributed by atoms with Gasteiger partial charge in [-0.2, -0.15) is 0 Å².